The van der Waals surface area contributed by atoms with E-state index in [2.05, 4.69) is 15.3 Å². The molecule has 3 N–H and O–H groups in total. The lowest BCUT2D eigenvalue weighted by Crippen LogP contribution is -2.36. The Morgan fingerprint density at radius 3 is 2.32 bits per heavy atom. The van der Waals surface area contributed by atoms with Gasteiger partial charge in [-0.05, 0) is 44.2 Å². The SMILES string of the molecule is COC(=O)C1=C(CF)NC(COCCN)=C(C(=O)OCCCCCCOc2cc(C)nc(-c3ccccc3)n2)C1c1ccccc1Cl. The maximum absolute atomic E-state index is 14.3. The molecule has 1 aromatic heterocycles. The van der Waals surface area contributed by atoms with Gasteiger partial charge in [0.2, 0.25) is 5.88 Å². The maximum Gasteiger partial charge on any atom is 0.336 e. The largest absolute Gasteiger partial charge is 0.478 e. The second-order valence-electron chi connectivity index (χ2n) is 10.8. The van der Waals surface area contributed by atoms with Crippen molar-refractivity contribution in [3.05, 3.63) is 99.5 Å². The quantitative estimate of drug-likeness (QED) is 0.138. The number of alkyl halides is 1. The van der Waals surface area contributed by atoms with Crippen LogP contribution in [-0.2, 0) is 23.8 Å². The first kappa shape index (κ1) is 35.5. The minimum atomic E-state index is -1.04. The van der Waals surface area contributed by atoms with E-state index in [4.69, 9.17) is 36.3 Å². The zero-order chi connectivity index (χ0) is 33.6. The Kier molecular flexibility index (Phi) is 13.7. The highest BCUT2D eigenvalue weighted by Gasteiger charge is 2.40. The molecule has 0 fully saturated rings. The Bertz CT molecular complexity index is 1580. The number of aromatic nitrogens is 2. The van der Waals surface area contributed by atoms with Gasteiger partial charge < -0.3 is 30.0 Å². The molecular formula is C35H40ClFN4O6. The third-order valence-electron chi connectivity index (χ3n) is 7.40. The normalized spacial score (nSPS) is 14.5. The molecule has 0 saturated heterocycles. The number of aryl methyl sites for hydroxylation is 1. The second kappa shape index (κ2) is 18.1. The molecule has 1 unspecified atom stereocenters. The van der Waals surface area contributed by atoms with Crippen LogP contribution < -0.4 is 15.8 Å². The highest BCUT2D eigenvalue weighted by Crippen LogP contribution is 2.42. The number of hydrogen-bond donors (Lipinski definition) is 2. The molecule has 0 aliphatic carbocycles. The number of unbranched alkanes of at least 4 members (excludes halogenated alkanes) is 3. The van der Waals surface area contributed by atoms with Crippen molar-refractivity contribution in [3.63, 3.8) is 0 Å². The Balaban J connectivity index is 1.38. The number of nitrogens with one attached hydrogen (secondary N) is 1. The summed E-state index contributed by atoms with van der Waals surface area (Å²) < 4.78 is 36.5. The molecule has 0 spiro atoms. The fourth-order valence-electron chi connectivity index (χ4n) is 5.21. The van der Waals surface area contributed by atoms with Crippen LogP contribution in [0.4, 0.5) is 4.39 Å². The molecule has 0 bridgehead atoms. The topological polar surface area (TPSA) is 135 Å². The van der Waals surface area contributed by atoms with Gasteiger partial charge in [0.05, 0.1) is 62.0 Å². The van der Waals surface area contributed by atoms with Crippen LogP contribution in [0.3, 0.4) is 0 Å². The van der Waals surface area contributed by atoms with Gasteiger partial charge in [0.25, 0.3) is 0 Å². The van der Waals surface area contributed by atoms with Gasteiger partial charge in [-0.1, -0.05) is 60.1 Å². The summed E-state index contributed by atoms with van der Waals surface area (Å²) in [4.78, 5) is 35.7. The molecular weight excluding hydrogens is 627 g/mol. The molecule has 10 nitrogen and oxygen atoms in total. The molecule has 250 valence electrons. The fourth-order valence-corrected chi connectivity index (χ4v) is 5.45. The summed E-state index contributed by atoms with van der Waals surface area (Å²) in [6, 6.07) is 18.3. The van der Waals surface area contributed by atoms with E-state index in [9.17, 15) is 14.0 Å². The number of nitrogens with two attached hydrogens (primary N) is 1. The number of rotatable bonds is 17. The Hall–Kier alpha value is -4.32. The number of dihydropyridines is 1. The Labute approximate surface area is 279 Å². The average molecular weight is 667 g/mol. The van der Waals surface area contributed by atoms with E-state index in [0.29, 0.717) is 35.3 Å². The Morgan fingerprint density at radius 2 is 1.62 bits per heavy atom. The highest BCUT2D eigenvalue weighted by atomic mass is 35.5. The second-order valence-corrected chi connectivity index (χ2v) is 11.2. The zero-order valence-corrected chi connectivity index (χ0v) is 27.4. The summed E-state index contributed by atoms with van der Waals surface area (Å²) >= 11 is 6.55. The molecule has 1 aliphatic heterocycles. The van der Waals surface area contributed by atoms with Gasteiger partial charge in [-0.2, -0.15) is 4.98 Å². The number of ether oxygens (including phenoxy) is 4. The number of esters is 2. The van der Waals surface area contributed by atoms with Crippen LogP contribution >= 0.6 is 11.6 Å². The van der Waals surface area contributed by atoms with Crippen molar-refractivity contribution in [3.8, 4) is 17.3 Å². The third-order valence-corrected chi connectivity index (χ3v) is 7.74. The molecule has 0 amide bonds. The minimum Gasteiger partial charge on any atom is -0.478 e. The van der Waals surface area contributed by atoms with Gasteiger partial charge in [0.1, 0.15) is 6.67 Å². The minimum absolute atomic E-state index is 0.0414. The first-order valence-electron chi connectivity index (χ1n) is 15.5. The van der Waals surface area contributed by atoms with E-state index in [1.165, 1.54) is 7.11 Å². The highest BCUT2D eigenvalue weighted by molar-refractivity contribution is 6.31. The lowest BCUT2D eigenvalue weighted by Gasteiger charge is -2.32. The van der Waals surface area contributed by atoms with Crippen molar-refractivity contribution in [1.82, 2.24) is 15.3 Å². The van der Waals surface area contributed by atoms with Gasteiger partial charge in [-0.15, -0.1) is 0 Å². The molecule has 1 atom stereocenters. The predicted octanol–water partition coefficient (Wildman–Crippen LogP) is 5.60. The molecule has 47 heavy (non-hydrogen) atoms. The number of halogens is 2. The number of methoxy groups -OCH3 is 1. The lowest BCUT2D eigenvalue weighted by atomic mass is 9.80. The van der Waals surface area contributed by atoms with Gasteiger partial charge in [-0.3, -0.25) is 0 Å². The fraction of sp³-hybridized carbons (Fsp3) is 0.371. The number of carbonyl (C=O) groups excluding carboxylic acids is 2. The van der Waals surface area contributed by atoms with E-state index in [1.54, 1.807) is 24.3 Å². The van der Waals surface area contributed by atoms with Crippen LogP contribution in [0.25, 0.3) is 11.4 Å². The Morgan fingerprint density at radius 1 is 0.915 bits per heavy atom. The first-order chi connectivity index (χ1) is 22.9. The molecule has 3 aromatic rings. The van der Waals surface area contributed by atoms with Gasteiger partial charge in [0.15, 0.2) is 5.82 Å². The van der Waals surface area contributed by atoms with E-state index in [0.717, 1.165) is 30.5 Å². The zero-order valence-electron chi connectivity index (χ0n) is 26.6. The van der Waals surface area contributed by atoms with Crippen molar-refractivity contribution in [2.75, 3.05) is 46.8 Å². The standard InChI is InChI=1S/C35H40ClFN4O6/c1-23-20-29(41-33(39-23)24-12-6-5-7-13-24)46-17-10-3-4-11-18-47-35(43)32-28(22-45-19-16-38)40-27(21-37)31(34(42)44-2)30(32)25-14-8-9-15-26(25)36/h5-9,12-15,20,30,40H,3-4,10-11,16-19,21-22,38H2,1-2H3. The average Bonchev–Trinajstić information content (AvgIpc) is 3.08. The van der Waals surface area contributed by atoms with Crippen molar-refractivity contribution < 1.29 is 32.9 Å². The molecule has 0 saturated carbocycles. The van der Waals surface area contributed by atoms with Crippen LogP contribution in [0.5, 0.6) is 5.88 Å². The van der Waals surface area contributed by atoms with Gasteiger partial charge in [-0.25, -0.2) is 19.0 Å². The first-order valence-corrected chi connectivity index (χ1v) is 15.9. The predicted molar refractivity (Wildman–Crippen MR) is 176 cm³/mol. The van der Waals surface area contributed by atoms with Crippen LogP contribution in [0, 0.1) is 6.92 Å². The molecule has 2 aromatic carbocycles. The smallest absolute Gasteiger partial charge is 0.336 e. The van der Waals surface area contributed by atoms with Crippen LogP contribution in [0.1, 0.15) is 42.9 Å². The van der Waals surface area contributed by atoms with E-state index in [-0.39, 0.29) is 48.9 Å². The third kappa shape index (κ3) is 9.60. The molecule has 4 rings (SSSR count). The van der Waals surface area contributed by atoms with Crippen LogP contribution in [0.2, 0.25) is 5.02 Å². The summed E-state index contributed by atoms with van der Waals surface area (Å²) in [5, 5.41) is 3.18. The van der Waals surface area contributed by atoms with E-state index >= 15 is 0 Å². The molecule has 0 radical (unpaired) electrons. The van der Waals surface area contributed by atoms with E-state index < -0.39 is 24.5 Å². The summed E-state index contributed by atoms with van der Waals surface area (Å²) in [6.45, 7) is 1.88. The summed E-state index contributed by atoms with van der Waals surface area (Å²) in [6.07, 6.45) is 3.00. The van der Waals surface area contributed by atoms with Crippen molar-refractivity contribution in [1.29, 1.82) is 0 Å². The lowest BCUT2D eigenvalue weighted by molar-refractivity contribution is -0.139. The van der Waals surface area contributed by atoms with Crippen LogP contribution in [0.15, 0.2) is 83.2 Å². The van der Waals surface area contributed by atoms with Crippen LogP contribution in [-0.4, -0.2) is 68.7 Å². The van der Waals surface area contributed by atoms with Gasteiger partial charge in [0, 0.05) is 28.9 Å². The summed E-state index contributed by atoms with van der Waals surface area (Å²) in [5.41, 5.74) is 8.01. The van der Waals surface area contributed by atoms with Crippen molar-refractivity contribution in [2.45, 2.75) is 38.5 Å². The molecule has 1 aliphatic rings. The monoisotopic (exact) mass is 666 g/mol. The maximum atomic E-state index is 14.3. The summed E-state index contributed by atoms with van der Waals surface area (Å²) in [5.74, 6) is -1.37. The number of hydrogen-bond acceptors (Lipinski definition) is 10. The van der Waals surface area contributed by atoms with E-state index in [1.807, 2.05) is 43.3 Å². The number of carbonyl (C=O) groups is 2. The molecule has 2 heterocycles. The van der Waals surface area contributed by atoms with Gasteiger partial charge >= 0.3 is 11.9 Å². The molecule has 12 heteroatoms. The van der Waals surface area contributed by atoms with Crippen molar-refractivity contribution >= 4 is 23.5 Å². The number of allylic oxidation sites excluding steroid dienone is 1. The van der Waals surface area contributed by atoms with Crippen molar-refractivity contribution in [2.24, 2.45) is 5.73 Å². The number of benzene rings is 2. The summed E-state index contributed by atoms with van der Waals surface area (Å²) in [7, 11) is 1.19. The number of nitrogens with zero attached hydrogens (tertiary/aromatic N) is 2.